The number of hydrogen-bond donors (Lipinski definition) is 2. The molecular weight excluding hydrogens is 340 g/mol. The Labute approximate surface area is 161 Å². The molecule has 0 unspecified atom stereocenters. The van der Waals surface area contributed by atoms with E-state index < -0.39 is 0 Å². The van der Waals surface area contributed by atoms with Gasteiger partial charge in [0.25, 0.3) is 5.91 Å². The Morgan fingerprint density at radius 1 is 1.00 bits per heavy atom. The summed E-state index contributed by atoms with van der Waals surface area (Å²) < 4.78 is 5.72. The van der Waals surface area contributed by atoms with Crippen molar-refractivity contribution in [2.75, 3.05) is 17.2 Å². The van der Waals surface area contributed by atoms with Gasteiger partial charge in [0.05, 0.1) is 6.61 Å². The fourth-order valence-electron chi connectivity index (χ4n) is 2.47. The second kappa shape index (κ2) is 10.4. The van der Waals surface area contributed by atoms with E-state index in [9.17, 15) is 9.59 Å². The smallest absolute Gasteiger partial charge is 0.255 e. The lowest BCUT2D eigenvalue weighted by molar-refractivity contribution is -0.116. The first-order valence-electron chi connectivity index (χ1n) is 9.42. The van der Waals surface area contributed by atoms with Gasteiger partial charge in [-0.3, -0.25) is 9.59 Å². The zero-order valence-corrected chi connectivity index (χ0v) is 16.2. The van der Waals surface area contributed by atoms with E-state index in [1.807, 2.05) is 13.0 Å². The van der Waals surface area contributed by atoms with E-state index in [4.69, 9.17) is 4.74 Å². The molecule has 0 aliphatic carbocycles. The van der Waals surface area contributed by atoms with E-state index in [-0.39, 0.29) is 11.8 Å². The van der Waals surface area contributed by atoms with Crippen molar-refractivity contribution in [1.29, 1.82) is 0 Å². The third-order valence-corrected chi connectivity index (χ3v) is 3.94. The van der Waals surface area contributed by atoms with Crippen LogP contribution in [-0.2, 0) is 4.79 Å². The van der Waals surface area contributed by atoms with Gasteiger partial charge in [-0.1, -0.05) is 32.9 Å². The Morgan fingerprint density at radius 3 is 2.41 bits per heavy atom. The van der Waals surface area contributed by atoms with Gasteiger partial charge in [-0.25, -0.2) is 0 Å². The normalized spacial score (nSPS) is 10.5. The molecule has 2 aromatic rings. The van der Waals surface area contributed by atoms with E-state index in [1.165, 1.54) is 0 Å². The molecule has 2 N–H and O–H groups in total. The predicted molar refractivity (Wildman–Crippen MR) is 109 cm³/mol. The average molecular weight is 368 g/mol. The van der Waals surface area contributed by atoms with E-state index in [2.05, 4.69) is 24.5 Å². The van der Waals surface area contributed by atoms with Crippen molar-refractivity contribution in [2.45, 2.75) is 40.0 Å². The Balaban J connectivity index is 1.99. The van der Waals surface area contributed by atoms with Crippen LogP contribution in [-0.4, -0.2) is 18.4 Å². The lowest BCUT2D eigenvalue weighted by Gasteiger charge is -2.11. The second-order valence-electron chi connectivity index (χ2n) is 6.89. The molecule has 0 heterocycles. The molecule has 0 spiro atoms. The van der Waals surface area contributed by atoms with Gasteiger partial charge in [-0.05, 0) is 55.2 Å². The standard InChI is InChI=1S/C22H28N2O3/c1-4-7-21(25)23-18-9-6-10-19(15-18)24-22(26)17-8-5-11-20(14-17)27-13-12-16(2)3/h5-6,8-11,14-16H,4,7,12-13H2,1-3H3,(H,23,25)(H,24,26). The molecular formula is C22H28N2O3. The second-order valence-corrected chi connectivity index (χ2v) is 6.89. The van der Waals surface area contributed by atoms with Gasteiger partial charge in [0.2, 0.25) is 5.91 Å². The summed E-state index contributed by atoms with van der Waals surface area (Å²) in [5.74, 6) is 0.999. The topological polar surface area (TPSA) is 67.4 Å². The van der Waals surface area contributed by atoms with Gasteiger partial charge in [-0.15, -0.1) is 0 Å². The number of anilines is 2. The van der Waals surface area contributed by atoms with E-state index in [0.717, 1.165) is 12.8 Å². The highest BCUT2D eigenvalue weighted by molar-refractivity contribution is 6.05. The molecule has 0 radical (unpaired) electrons. The van der Waals surface area contributed by atoms with Crippen LogP contribution in [0.2, 0.25) is 0 Å². The monoisotopic (exact) mass is 368 g/mol. The highest BCUT2D eigenvalue weighted by Gasteiger charge is 2.09. The molecule has 0 atom stereocenters. The summed E-state index contributed by atoms with van der Waals surface area (Å²) in [7, 11) is 0. The molecule has 0 bridgehead atoms. The highest BCUT2D eigenvalue weighted by atomic mass is 16.5. The van der Waals surface area contributed by atoms with Gasteiger partial charge in [0.1, 0.15) is 5.75 Å². The van der Waals surface area contributed by atoms with Gasteiger partial charge < -0.3 is 15.4 Å². The van der Waals surface area contributed by atoms with Crippen molar-refractivity contribution in [3.05, 3.63) is 54.1 Å². The van der Waals surface area contributed by atoms with Crippen LogP contribution in [0.3, 0.4) is 0 Å². The fraction of sp³-hybridized carbons (Fsp3) is 0.364. The van der Waals surface area contributed by atoms with Crippen LogP contribution in [0.5, 0.6) is 5.75 Å². The molecule has 0 saturated heterocycles. The van der Waals surface area contributed by atoms with Crippen molar-refractivity contribution >= 4 is 23.2 Å². The fourth-order valence-corrected chi connectivity index (χ4v) is 2.47. The van der Waals surface area contributed by atoms with Gasteiger partial charge in [-0.2, -0.15) is 0 Å². The Hall–Kier alpha value is -2.82. The van der Waals surface area contributed by atoms with Crippen LogP contribution in [0.15, 0.2) is 48.5 Å². The first-order chi connectivity index (χ1) is 13.0. The SMILES string of the molecule is CCCC(=O)Nc1cccc(NC(=O)c2cccc(OCCC(C)C)c2)c1. The highest BCUT2D eigenvalue weighted by Crippen LogP contribution is 2.19. The summed E-state index contributed by atoms with van der Waals surface area (Å²) in [6, 6.07) is 14.3. The summed E-state index contributed by atoms with van der Waals surface area (Å²) in [5, 5.41) is 5.69. The maximum Gasteiger partial charge on any atom is 0.255 e. The van der Waals surface area contributed by atoms with Crippen LogP contribution in [0.1, 0.15) is 50.4 Å². The molecule has 0 aromatic heterocycles. The number of hydrogen-bond acceptors (Lipinski definition) is 3. The van der Waals surface area contributed by atoms with Crippen LogP contribution in [0, 0.1) is 5.92 Å². The predicted octanol–water partition coefficient (Wildman–Crippen LogP) is 5.10. The number of rotatable bonds is 9. The molecule has 0 fully saturated rings. The summed E-state index contributed by atoms with van der Waals surface area (Å²) in [4.78, 5) is 24.3. The number of amides is 2. The minimum absolute atomic E-state index is 0.0350. The van der Waals surface area contributed by atoms with Crippen LogP contribution < -0.4 is 15.4 Å². The average Bonchev–Trinajstić information content (AvgIpc) is 2.62. The zero-order valence-electron chi connectivity index (χ0n) is 16.2. The van der Waals surface area contributed by atoms with Crippen molar-refractivity contribution in [1.82, 2.24) is 0 Å². The molecule has 0 aliphatic heterocycles. The number of ether oxygens (including phenoxy) is 1. The zero-order chi connectivity index (χ0) is 19.6. The Morgan fingerprint density at radius 2 is 1.70 bits per heavy atom. The van der Waals surface area contributed by atoms with E-state index >= 15 is 0 Å². The summed E-state index contributed by atoms with van der Waals surface area (Å²) in [5.41, 5.74) is 1.81. The summed E-state index contributed by atoms with van der Waals surface area (Å²) >= 11 is 0. The Kier molecular flexibility index (Phi) is 7.86. The molecule has 2 aromatic carbocycles. The van der Waals surface area contributed by atoms with Gasteiger partial charge in [0, 0.05) is 23.4 Å². The molecule has 0 saturated carbocycles. The minimum atomic E-state index is -0.221. The number of carbonyl (C=O) groups excluding carboxylic acids is 2. The molecule has 2 amide bonds. The van der Waals surface area contributed by atoms with Crippen molar-refractivity contribution in [2.24, 2.45) is 5.92 Å². The maximum atomic E-state index is 12.5. The lowest BCUT2D eigenvalue weighted by Crippen LogP contribution is -2.13. The van der Waals surface area contributed by atoms with Crippen LogP contribution in [0.4, 0.5) is 11.4 Å². The van der Waals surface area contributed by atoms with Gasteiger partial charge in [0.15, 0.2) is 0 Å². The minimum Gasteiger partial charge on any atom is -0.494 e. The summed E-state index contributed by atoms with van der Waals surface area (Å²) in [6.45, 7) is 6.87. The van der Waals surface area contributed by atoms with Gasteiger partial charge >= 0.3 is 0 Å². The molecule has 144 valence electrons. The molecule has 2 rings (SSSR count). The molecule has 5 heteroatoms. The first kappa shape index (κ1) is 20.5. The third-order valence-electron chi connectivity index (χ3n) is 3.94. The first-order valence-corrected chi connectivity index (χ1v) is 9.42. The maximum absolute atomic E-state index is 12.5. The number of nitrogens with one attached hydrogen (secondary N) is 2. The number of benzene rings is 2. The van der Waals surface area contributed by atoms with Crippen molar-refractivity contribution in [3.63, 3.8) is 0 Å². The van der Waals surface area contributed by atoms with Crippen molar-refractivity contribution < 1.29 is 14.3 Å². The molecule has 0 aliphatic rings. The Bertz CT molecular complexity index is 772. The third kappa shape index (κ3) is 7.13. The quantitative estimate of drug-likeness (QED) is 0.647. The largest absolute Gasteiger partial charge is 0.494 e. The van der Waals surface area contributed by atoms with Crippen LogP contribution in [0.25, 0.3) is 0 Å². The molecule has 5 nitrogen and oxygen atoms in total. The number of carbonyl (C=O) groups is 2. The summed E-state index contributed by atoms with van der Waals surface area (Å²) in [6.07, 6.45) is 2.23. The van der Waals surface area contributed by atoms with E-state index in [1.54, 1.807) is 42.5 Å². The van der Waals surface area contributed by atoms with E-state index in [0.29, 0.717) is 41.6 Å². The lowest BCUT2D eigenvalue weighted by atomic mass is 10.1. The van der Waals surface area contributed by atoms with Crippen LogP contribution >= 0.6 is 0 Å². The molecule has 27 heavy (non-hydrogen) atoms. The van der Waals surface area contributed by atoms with Crippen molar-refractivity contribution in [3.8, 4) is 5.75 Å².